The first-order valence-corrected chi connectivity index (χ1v) is 12.3. The summed E-state index contributed by atoms with van der Waals surface area (Å²) in [5.74, 6) is -0.977. The van der Waals surface area contributed by atoms with Crippen LogP contribution in [0.5, 0.6) is 0 Å². The number of esters is 1. The molecule has 2 saturated heterocycles. The van der Waals surface area contributed by atoms with Crippen molar-refractivity contribution in [3.05, 3.63) is 108 Å². The van der Waals surface area contributed by atoms with E-state index in [0.717, 1.165) is 36.0 Å². The Morgan fingerprint density at radius 3 is 2.00 bits per heavy atom. The van der Waals surface area contributed by atoms with Gasteiger partial charge >= 0.3 is 5.97 Å². The topological polar surface area (TPSA) is 55.8 Å². The van der Waals surface area contributed by atoms with Crippen molar-refractivity contribution in [3.63, 3.8) is 0 Å². The second kappa shape index (κ2) is 10.4. The molecule has 2 aliphatic heterocycles. The van der Waals surface area contributed by atoms with Gasteiger partial charge in [-0.1, -0.05) is 91.0 Å². The molecule has 2 heterocycles. The van der Waals surface area contributed by atoms with Gasteiger partial charge in [-0.15, -0.1) is 0 Å². The molecule has 4 atom stereocenters. The molecule has 1 unspecified atom stereocenters. The predicted molar refractivity (Wildman–Crippen MR) is 134 cm³/mol. The standard InChI is InChI=1S/C30H31NO4/c1-34-30(33)28-25-18-17-24(19-26(25)35-20-21-11-5-2-6-12-21)31(28)29(32)27(22-13-7-3-8-14-22)23-15-9-4-10-16-23/h2-16,24-28H,17-20H2,1H3/t24-,25+,26?,28-/m0/s1. The van der Waals surface area contributed by atoms with E-state index >= 15 is 0 Å². The molecule has 35 heavy (non-hydrogen) atoms. The number of methoxy groups -OCH3 is 1. The molecule has 6 rings (SSSR count). The van der Waals surface area contributed by atoms with E-state index in [1.165, 1.54) is 7.11 Å². The largest absolute Gasteiger partial charge is 0.467 e. The van der Waals surface area contributed by atoms with Crippen LogP contribution in [0.2, 0.25) is 0 Å². The highest BCUT2D eigenvalue weighted by molar-refractivity contribution is 5.92. The van der Waals surface area contributed by atoms with Gasteiger partial charge in [0.25, 0.3) is 0 Å². The highest BCUT2D eigenvalue weighted by Crippen LogP contribution is 2.44. The van der Waals surface area contributed by atoms with Crippen LogP contribution in [0.3, 0.4) is 0 Å². The molecule has 1 saturated carbocycles. The molecule has 3 aromatic carbocycles. The van der Waals surface area contributed by atoms with Crippen LogP contribution in [0.25, 0.3) is 0 Å². The number of ether oxygens (including phenoxy) is 2. The first kappa shape index (κ1) is 23.3. The number of piperidine rings is 2. The van der Waals surface area contributed by atoms with Crippen LogP contribution in [0.15, 0.2) is 91.0 Å². The second-order valence-corrected chi connectivity index (χ2v) is 9.43. The number of amides is 1. The van der Waals surface area contributed by atoms with Crippen LogP contribution < -0.4 is 0 Å². The van der Waals surface area contributed by atoms with Crippen LogP contribution >= 0.6 is 0 Å². The molecule has 1 aliphatic carbocycles. The Morgan fingerprint density at radius 2 is 1.43 bits per heavy atom. The van der Waals surface area contributed by atoms with Gasteiger partial charge in [0.2, 0.25) is 5.91 Å². The fourth-order valence-electron chi connectivity index (χ4n) is 5.79. The molecule has 5 heteroatoms. The Labute approximate surface area is 206 Å². The van der Waals surface area contributed by atoms with Gasteiger partial charge in [0.05, 0.1) is 25.7 Å². The molecule has 2 bridgehead atoms. The Hall–Kier alpha value is -3.44. The highest BCUT2D eigenvalue weighted by Gasteiger charge is 2.54. The Balaban J connectivity index is 1.45. The second-order valence-electron chi connectivity index (χ2n) is 9.43. The van der Waals surface area contributed by atoms with Crippen molar-refractivity contribution >= 4 is 11.9 Å². The molecular formula is C30H31NO4. The average Bonchev–Trinajstić information content (AvgIpc) is 2.93. The maximum atomic E-state index is 14.3. The summed E-state index contributed by atoms with van der Waals surface area (Å²) in [7, 11) is 1.40. The molecule has 3 aromatic rings. The van der Waals surface area contributed by atoms with Crippen LogP contribution in [0.4, 0.5) is 0 Å². The zero-order valence-corrected chi connectivity index (χ0v) is 20.0. The van der Waals surface area contributed by atoms with Crippen LogP contribution in [-0.4, -0.2) is 42.1 Å². The molecule has 3 aliphatic rings. The SMILES string of the molecule is COC(=O)[C@@H]1[C@@H]2CC[C@@H](CC2OCc2ccccc2)N1C(=O)C(c1ccccc1)c1ccccc1. The molecule has 5 nitrogen and oxygen atoms in total. The van der Waals surface area contributed by atoms with E-state index < -0.39 is 12.0 Å². The van der Waals surface area contributed by atoms with Crippen LogP contribution in [0.1, 0.15) is 41.9 Å². The smallest absolute Gasteiger partial charge is 0.328 e. The summed E-state index contributed by atoms with van der Waals surface area (Å²) in [6.45, 7) is 0.493. The summed E-state index contributed by atoms with van der Waals surface area (Å²) in [5, 5.41) is 0. The summed E-state index contributed by atoms with van der Waals surface area (Å²) >= 11 is 0. The first-order chi connectivity index (χ1) is 17.2. The lowest BCUT2D eigenvalue weighted by atomic mass is 9.71. The lowest BCUT2D eigenvalue weighted by Crippen LogP contribution is -2.65. The van der Waals surface area contributed by atoms with E-state index in [2.05, 4.69) is 0 Å². The summed E-state index contributed by atoms with van der Waals surface area (Å²) < 4.78 is 11.6. The fourth-order valence-corrected chi connectivity index (χ4v) is 5.79. The van der Waals surface area contributed by atoms with E-state index in [-0.39, 0.29) is 29.9 Å². The van der Waals surface area contributed by atoms with E-state index in [1.807, 2.05) is 95.9 Å². The van der Waals surface area contributed by atoms with Crippen molar-refractivity contribution in [1.82, 2.24) is 4.90 Å². The van der Waals surface area contributed by atoms with Gasteiger partial charge < -0.3 is 14.4 Å². The Kier molecular flexibility index (Phi) is 6.96. The minimum Gasteiger partial charge on any atom is -0.467 e. The minimum absolute atomic E-state index is 0.0472. The van der Waals surface area contributed by atoms with Crippen molar-refractivity contribution in [2.24, 2.45) is 5.92 Å². The van der Waals surface area contributed by atoms with Gasteiger partial charge in [-0.2, -0.15) is 0 Å². The number of fused-ring (bicyclic) bond motifs is 3. The van der Waals surface area contributed by atoms with E-state index in [9.17, 15) is 9.59 Å². The third kappa shape index (κ3) is 4.73. The molecule has 0 aromatic heterocycles. The normalized spacial score (nSPS) is 23.3. The fraction of sp³-hybridized carbons (Fsp3) is 0.333. The molecule has 0 radical (unpaired) electrons. The molecule has 180 valence electrons. The van der Waals surface area contributed by atoms with Crippen LogP contribution in [-0.2, 0) is 25.7 Å². The summed E-state index contributed by atoms with van der Waals surface area (Å²) in [5.41, 5.74) is 2.95. The molecule has 3 fully saturated rings. The van der Waals surface area contributed by atoms with Crippen molar-refractivity contribution in [2.45, 2.75) is 50.0 Å². The Morgan fingerprint density at radius 1 is 0.857 bits per heavy atom. The average molecular weight is 470 g/mol. The lowest BCUT2D eigenvalue weighted by Gasteiger charge is -2.53. The van der Waals surface area contributed by atoms with Gasteiger partial charge in [-0.3, -0.25) is 4.79 Å². The van der Waals surface area contributed by atoms with E-state index in [4.69, 9.17) is 9.47 Å². The van der Waals surface area contributed by atoms with Crippen molar-refractivity contribution < 1.29 is 19.1 Å². The third-order valence-corrected chi connectivity index (χ3v) is 7.43. The number of nitrogens with zero attached hydrogens (tertiary/aromatic N) is 1. The predicted octanol–water partition coefficient (Wildman–Crippen LogP) is 4.96. The number of carbonyl (C=O) groups is 2. The Bertz CT molecular complexity index is 1100. The van der Waals surface area contributed by atoms with Crippen LogP contribution in [0, 0.1) is 5.92 Å². The quantitative estimate of drug-likeness (QED) is 0.459. The number of rotatable bonds is 7. The summed E-state index contributed by atoms with van der Waals surface area (Å²) in [6.07, 6.45) is 2.35. The van der Waals surface area contributed by atoms with Gasteiger partial charge in [0.1, 0.15) is 6.04 Å². The molecular weight excluding hydrogens is 438 g/mol. The molecule has 0 spiro atoms. The van der Waals surface area contributed by atoms with Crippen molar-refractivity contribution in [1.29, 1.82) is 0 Å². The summed E-state index contributed by atoms with van der Waals surface area (Å²) in [4.78, 5) is 29.2. The molecule has 0 N–H and O–H groups in total. The number of hydrogen-bond donors (Lipinski definition) is 0. The zero-order chi connectivity index (χ0) is 24.2. The number of benzene rings is 3. The maximum Gasteiger partial charge on any atom is 0.328 e. The number of carbonyl (C=O) groups excluding carboxylic acids is 2. The zero-order valence-electron chi connectivity index (χ0n) is 20.0. The van der Waals surface area contributed by atoms with E-state index in [1.54, 1.807) is 0 Å². The highest BCUT2D eigenvalue weighted by atomic mass is 16.5. The number of hydrogen-bond acceptors (Lipinski definition) is 4. The first-order valence-electron chi connectivity index (χ1n) is 12.3. The molecule has 1 amide bonds. The van der Waals surface area contributed by atoms with Crippen molar-refractivity contribution in [3.8, 4) is 0 Å². The summed E-state index contributed by atoms with van der Waals surface area (Å²) in [6, 6.07) is 29.0. The van der Waals surface area contributed by atoms with Gasteiger partial charge in [-0.05, 0) is 36.0 Å². The van der Waals surface area contributed by atoms with Gasteiger partial charge in [0.15, 0.2) is 0 Å². The monoisotopic (exact) mass is 469 g/mol. The minimum atomic E-state index is -0.643. The van der Waals surface area contributed by atoms with Crippen molar-refractivity contribution in [2.75, 3.05) is 7.11 Å². The lowest BCUT2D eigenvalue weighted by molar-refractivity contribution is -0.179. The van der Waals surface area contributed by atoms with E-state index in [0.29, 0.717) is 6.61 Å². The van der Waals surface area contributed by atoms with Gasteiger partial charge in [-0.25, -0.2) is 4.79 Å². The maximum absolute atomic E-state index is 14.3. The van der Waals surface area contributed by atoms with Gasteiger partial charge in [0, 0.05) is 12.0 Å². The third-order valence-electron chi connectivity index (χ3n) is 7.43.